The standard InChI is InChI=1S/C48H69NO4/c1-41(2)48(50)29-23-16-12-8-4-6-10-14-18-25-39-52-46-36-32-44(33-37-46)49(42-26-20-19-21-27-42)43-30-34-45(35-31-43)51-38-24-17-13-9-5-3-7-11-15-22-28-47-40-53-47/h19-21,26-27,30-37,47H,1,3-18,22-25,28-29,38-40H2,2H3. The maximum Gasteiger partial charge on any atom is 0.157 e. The highest BCUT2D eigenvalue weighted by atomic mass is 16.6. The van der Waals surface area contributed by atoms with Crippen LogP contribution in [0.15, 0.2) is 91.0 Å². The highest BCUT2D eigenvalue weighted by molar-refractivity contribution is 5.94. The van der Waals surface area contributed by atoms with Crippen molar-refractivity contribution in [2.24, 2.45) is 0 Å². The highest BCUT2D eigenvalue weighted by Crippen LogP contribution is 2.36. The van der Waals surface area contributed by atoms with Crippen LogP contribution in [0.3, 0.4) is 0 Å². The topological polar surface area (TPSA) is 51.3 Å². The summed E-state index contributed by atoms with van der Waals surface area (Å²) in [4.78, 5) is 13.9. The number of anilines is 3. The number of ether oxygens (including phenoxy) is 3. The first kappa shape index (κ1) is 42.2. The number of nitrogens with zero attached hydrogens (tertiary/aromatic N) is 1. The Bertz CT molecular complexity index is 1380. The first-order valence-corrected chi connectivity index (χ1v) is 21.2. The first-order valence-electron chi connectivity index (χ1n) is 21.2. The fraction of sp³-hybridized carbons (Fsp3) is 0.562. The number of unbranched alkanes of at least 4 members (excludes halogenated alkanes) is 18. The molecular formula is C48H69NO4. The lowest BCUT2D eigenvalue weighted by Crippen LogP contribution is -2.10. The summed E-state index contributed by atoms with van der Waals surface area (Å²) < 4.78 is 17.5. The van der Waals surface area contributed by atoms with E-state index in [0.717, 1.165) is 74.1 Å². The summed E-state index contributed by atoms with van der Waals surface area (Å²) in [6, 6.07) is 27.5. The van der Waals surface area contributed by atoms with Crippen LogP contribution in [0.25, 0.3) is 0 Å². The monoisotopic (exact) mass is 724 g/mol. The van der Waals surface area contributed by atoms with Gasteiger partial charge in [-0.1, -0.05) is 134 Å². The number of epoxide rings is 1. The second-order valence-corrected chi connectivity index (χ2v) is 15.1. The van der Waals surface area contributed by atoms with E-state index in [1.165, 1.54) is 109 Å². The number of para-hydroxylation sites is 1. The largest absolute Gasteiger partial charge is 0.494 e. The van der Waals surface area contributed by atoms with E-state index in [9.17, 15) is 4.79 Å². The van der Waals surface area contributed by atoms with Gasteiger partial charge in [0.1, 0.15) is 11.5 Å². The van der Waals surface area contributed by atoms with Crippen molar-refractivity contribution in [3.8, 4) is 11.5 Å². The van der Waals surface area contributed by atoms with Crippen molar-refractivity contribution in [1.82, 2.24) is 0 Å². The normalized spacial score (nSPS) is 13.5. The fourth-order valence-corrected chi connectivity index (χ4v) is 6.93. The zero-order valence-electron chi connectivity index (χ0n) is 33.0. The SMILES string of the molecule is C=C(C)C(=O)CCCCCCCCCCCCOc1ccc(N(c2ccccc2)c2ccc(OCCCCCCCCCCCCC3CO3)cc2)cc1. The third-order valence-electron chi connectivity index (χ3n) is 10.3. The van der Waals surface area contributed by atoms with Gasteiger partial charge in [0.2, 0.25) is 0 Å². The van der Waals surface area contributed by atoms with Gasteiger partial charge in [-0.3, -0.25) is 4.79 Å². The van der Waals surface area contributed by atoms with E-state index in [4.69, 9.17) is 14.2 Å². The smallest absolute Gasteiger partial charge is 0.157 e. The average molecular weight is 724 g/mol. The van der Waals surface area contributed by atoms with Gasteiger partial charge in [0.25, 0.3) is 0 Å². The summed E-state index contributed by atoms with van der Waals surface area (Å²) in [7, 11) is 0. The number of carbonyl (C=O) groups excluding carboxylic acids is 1. The van der Waals surface area contributed by atoms with Crippen molar-refractivity contribution in [2.75, 3.05) is 24.7 Å². The minimum atomic E-state index is 0.220. The van der Waals surface area contributed by atoms with E-state index < -0.39 is 0 Å². The molecule has 53 heavy (non-hydrogen) atoms. The van der Waals surface area contributed by atoms with Crippen molar-refractivity contribution in [3.63, 3.8) is 0 Å². The van der Waals surface area contributed by atoms with Crippen LogP contribution in [-0.4, -0.2) is 31.7 Å². The molecule has 0 amide bonds. The summed E-state index contributed by atoms with van der Waals surface area (Å²) in [5.74, 6) is 2.07. The molecular weight excluding hydrogens is 655 g/mol. The van der Waals surface area contributed by atoms with Crippen LogP contribution in [0.5, 0.6) is 11.5 Å². The summed E-state index contributed by atoms with van der Waals surface area (Å²) in [6.07, 6.45) is 27.9. The van der Waals surface area contributed by atoms with Gasteiger partial charge < -0.3 is 19.1 Å². The molecule has 5 nitrogen and oxygen atoms in total. The van der Waals surface area contributed by atoms with Gasteiger partial charge in [-0.25, -0.2) is 0 Å². The number of Topliss-reactive ketones (excluding diaryl/α,β-unsaturated/α-hetero) is 1. The molecule has 0 saturated carbocycles. The van der Waals surface area contributed by atoms with Crippen molar-refractivity contribution in [1.29, 1.82) is 0 Å². The molecule has 4 rings (SSSR count). The molecule has 0 spiro atoms. The Labute approximate surface area is 322 Å². The molecule has 0 bridgehead atoms. The van der Waals surface area contributed by atoms with Crippen LogP contribution >= 0.6 is 0 Å². The lowest BCUT2D eigenvalue weighted by molar-refractivity contribution is -0.115. The fourth-order valence-electron chi connectivity index (χ4n) is 6.93. The zero-order chi connectivity index (χ0) is 37.2. The minimum Gasteiger partial charge on any atom is -0.494 e. The third kappa shape index (κ3) is 18.3. The maximum atomic E-state index is 11.6. The van der Waals surface area contributed by atoms with E-state index in [0.29, 0.717) is 18.1 Å². The Hall–Kier alpha value is -3.57. The lowest BCUT2D eigenvalue weighted by atomic mass is 10.0. The molecule has 0 N–H and O–H groups in total. The summed E-state index contributed by atoms with van der Waals surface area (Å²) in [5.41, 5.74) is 4.01. The second kappa shape index (κ2) is 26.2. The first-order chi connectivity index (χ1) is 26.1. The van der Waals surface area contributed by atoms with Crippen LogP contribution in [0.4, 0.5) is 17.1 Å². The van der Waals surface area contributed by atoms with Crippen LogP contribution in [0.2, 0.25) is 0 Å². The quantitative estimate of drug-likeness (QED) is 0.0365. The molecule has 1 aliphatic rings. The molecule has 0 radical (unpaired) electrons. The van der Waals surface area contributed by atoms with Gasteiger partial charge in [0.05, 0.1) is 25.9 Å². The Morgan fingerprint density at radius 1 is 0.566 bits per heavy atom. The van der Waals surface area contributed by atoms with Crippen molar-refractivity contribution in [2.45, 2.75) is 154 Å². The predicted molar refractivity (Wildman–Crippen MR) is 223 cm³/mol. The van der Waals surface area contributed by atoms with E-state index >= 15 is 0 Å². The summed E-state index contributed by atoms with van der Waals surface area (Å²) in [6.45, 7) is 8.08. The van der Waals surface area contributed by atoms with Crippen LogP contribution in [-0.2, 0) is 9.53 Å². The van der Waals surface area contributed by atoms with Gasteiger partial charge >= 0.3 is 0 Å². The van der Waals surface area contributed by atoms with Crippen molar-refractivity contribution < 1.29 is 19.0 Å². The average Bonchev–Trinajstić information content (AvgIpc) is 4.01. The molecule has 5 heteroatoms. The predicted octanol–water partition coefficient (Wildman–Crippen LogP) is 14.0. The van der Waals surface area contributed by atoms with Gasteiger partial charge in [-0.15, -0.1) is 0 Å². The van der Waals surface area contributed by atoms with Crippen LogP contribution < -0.4 is 14.4 Å². The lowest BCUT2D eigenvalue weighted by Gasteiger charge is -2.25. The Morgan fingerprint density at radius 2 is 0.943 bits per heavy atom. The summed E-state index contributed by atoms with van der Waals surface area (Å²) >= 11 is 0. The van der Waals surface area contributed by atoms with Crippen LogP contribution in [0, 0.1) is 0 Å². The number of hydrogen-bond donors (Lipinski definition) is 0. The van der Waals surface area contributed by atoms with Gasteiger partial charge in [-0.05, 0) is 98.8 Å². The third-order valence-corrected chi connectivity index (χ3v) is 10.3. The zero-order valence-corrected chi connectivity index (χ0v) is 33.0. The Kier molecular flexibility index (Phi) is 20.9. The van der Waals surface area contributed by atoms with E-state index in [1.54, 1.807) is 0 Å². The molecule has 0 aliphatic carbocycles. The molecule has 1 aliphatic heterocycles. The number of ketones is 1. The molecule has 1 atom stereocenters. The molecule has 0 aromatic heterocycles. The maximum absolute atomic E-state index is 11.6. The Morgan fingerprint density at radius 3 is 1.36 bits per heavy atom. The van der Waals surface area contributed by atoms with Gasteiger partial charge in [-0.2, -0.15) is 0 Å². The number of benzene rings is 3. The Balaban J connectivity index is 1.07. The number of carbonyl (C=O) groups is 1. The van der Waals surface area contributed by atoms with Gasteiger partial charge in [0.15, 0.2) is 5.78 Å². The van der Waals surface area contributed by atoms with E-state index in [-0.39, 0.29) is 5.78 Å². The molecule has 3 aromatic rings. The van der Waals surface area contributed by atoms with Gasteiger partial charge in [0, 0.05) is 23.5 Å². The van der Waals surface area contributed by atoms with E-state index in [1.807, 2.05) is 6.92 Å². The molecule has 1 heterocycles. The molecule has 3 aromatic carbocycles. The summed E-state index contributed by atoms with van der Waals surface area (Å²) in [5, 5.41) is 0. The van der Waals surface area contributed by atoms with E-state index in [2.05, 4.69) is 90.3 Å². The highest BCUT2D eigenvalue weighted by Gasteiger charge is 2.20. The number of hydrogen-bond acceptors (Lipinski definition) is 5. The van der Waals surface area contributed by atoms with Crippen molar-refractivity contribution in [3.05, 3.63) is 91.0 Å². The minimum absolute atomic E-state index is 0.220. The van der Waals surface area contributed by atoms with Crippen LogP contribution in [0.1, 0.15) is 148 Å². The van der Waals surface area contributed by atoms with Crippen molar-refractivity contribution >= 4 is 22.8 Å². The molecule has 290 valence electrons. The molecule has 1 saturated heterocycles. The number of allylic oxidation sites excluding steroid dienone is 1. The second-order valence-electron chi connectivity index (χ2n) is 15.1. The number of rotatable bonds is 32. The molecule has 1 unspecified atom stereocenters. The molecule has 1 fully saturated rings.